The summed E-state index contributed by atoms with van der Waals surface area (Å²) in [6.07, 6.45) is -2.72. The zero-order chi connectivity index (χ0) is 22.3. The molecule has 1 unspecified atom stereocenters. The van der Waals surface area contributed by atoms with Crippen molar-refractivity contribution in [2.24, 2.45) is 0 Å². The van der Waals surface area contributed by atoms with Crippen LogP contribution in [0.2, 0.25) is 0 Å². The molecule has 0 aliphatic carbocycles. The number of ether oxygens (including phenoxy) is 3. The summed E-state index contributed by atoms with van der Waals surface area (Å²) in [6, 6.07) is 21.6. The van der Waals surface area contributed by atoms with E-state index in [0.29, 0.717) is 11.5 Å². The fraction of sp³-hybridized carbons (Fsp3) is 0.250. The number of hydrogen-bond donors (Lipinski definition) is 0. The third-order valence-corrected chi connectivity index (χ3v) is 4.77. The minimum absolute atomic E-state index is 0.0912. The van der Waals surface area contributed by atoms with Crippen LogP contribution in [0.25, 0.3) is 0 Å². The number of hydrogen-bond acceptors (Lipinski definition) is 3. The summed E-state index contributed by atoms with van der Waals surface area (Å²) >= 11 is 0. The van der Waals surface area contributed by atoms with Crippen LogP contribution in [-0.4, -0.2) is 19.6 Å². The lowest BCUT2D eigenvalue weighted by atomic mass is 9.83. The first-order valence-corrected chi connectivity index (χ1v) is 9.60. The summed E-state index contributed by atoms with van der Waals surface area (Å²) in [6.45, 7) is -1.75. The van der Waals surface area contributed by atoms with Crippen molar-refractivity contribution in [1.29, 1.82) is 0 Å². The number of benzene rings is 3. The van der Waals surface area contributed by atoms with E-state index in [1.807, 2.05) is 36.4 Å². The van der Waals surface area contributed by atoms with Crippen LogP contribution in [-0.2, 0) is 16.8 Å². The second-order valence-electron chi connectivity index (χ2n) is 7.18. The first-order chi connectivity index (χ1) is 14.9. The average molecular weight is 434 g/mol. The smallest absolute Gasteiger partial charge is 0.387 e. The quantitative estimate of drug-likeness (QED) is 0.328. The molecule has 0 saturated heterocycles. The van der Waals surface area contributed by atoms with Gasteiger partial charge in [-0.05, 0) is 54.4 Å². The topological polar surface area (TPSA) is 27.7 Å². The van der Waals surface area contributed by atoms with Gasteiger partial charge in [0.25, 0.3) is 0 Å². The highest BCUT2D eigenvalue weighted by Crippen LogP contribution is 2.33. The van der Waals surface area contributed by atoms with Crippen LogP contribution in [0.4, 0.5) is 17.6 Å². The summed E-state index contributed by atoms with van der Waals surface area (Å²) in [5.74, 6) is 1.20. The maximum Gasteiger partial charge on any atom is 0.387 e. The molecule has 0 amide bonds. The normalized spacial score (nSPS) is 13.3. The van der Waals surface area contributed by atoms with E-state index in [4.69, 9.17) is 9.47 Å². The van der Waals surface area contributed by atoms with Crippen molar-refractivity contribution in [3.8, 4) is 17.2 Å². The SMILES string of the molecule is CC(COCc1cccc(Oc2ccccc2)c1)(c1ccc(OC(F)F)cc1)C(F)F. The molecule has 31 heavy (non-hydrogen) atoms. The Morgan fingerprint density at radius 3 is 2.10 bits per heavy atom. The molecule has 3 rings (SSSR count). The molecular weight excluding hydrogens is 412 g/mol. The molecular formula is C24H22F4O3. The molecule has 0 saturated carbocycles. The molecule has 0 aliphatic heterocycles. The largest absolute Gasteiger partial charge is 0.457 e. The van der Waals surface area contributed by atoms with E-state index < -0.39 is 18.5 Å². The Morgan fingerprint density at radius 1 is 0.774 bits per heavy atom. The summed E-state index contributed by atoms with van der Waals surface area (Å²) in [7, 11) is 0. The summed E-state index contributed by atoms with van der Waals surface area (Å²) in [5.41, 5.74) is -0.572. The van der Waals surface area contributed by atoms with Crippen LogP contribution in [0.3, 0.4) is 0 Å². The molecule has 0 fully saturated rings. The lowest BCUT2D eigenvalue weighted by Gasteiger charge is -2.29. The fourth-order valence-corrected chi connectivity index (χ4v) is 2.99. The Bertz CT molecular complexity index is 949. The van der Waals surface area contributed by atoms with Crippen molar-refractivity contribution in [2.75, 3.05) is 6.61 Å². The van der Waals surface area contributed by atoms with Gasteiger partial charge in [0.15, 0.2) is 0 Å². The van der Waals surface area contributed by atoms with E-state index in [0.717, 1.165) is 5.56 Å². The predicted octanol–water partition coefficient (Wildman–Crippen LogP) is 6.82. The van der Waals surface area contributed by atoms with Gasteiger partial charge < -0.3 is 14.2 Å². The van der Waals surface area contributed by atoms with Gasteiger partial charge in [-0.2, -0.15) is 8.78 Å². The minimum Gasteiger partial charge on any atom is -0.457 e. The molecule has 3 nitrogen and oxygen atoms in total. The highest BCUT2D eigenvalue weighted by Gasteiger charge is 2.37. The maximum absolute atomic E-state index is 13.9. The van der Waals surface area contributed by atoms with Gasteiger partial charge in [0.1, 0.15) is 17.2 Å². The highest BCUT2D eigenvalue weighted by molar-refractivity contribution is 5.34. The van der Waals surface area contributed by atoms with Crippen LogP contribution in [0.5, 0.6) is 17.2 Å². The first-order valence-electron chi connectivity index (χ1n) is 9.60. The molecule has 0 radical (unpaired) electrons. The molecule has 0 aromatic heterocycles. The molecule has 3 aromatic carbocycles. The van der Waals surface area contributed by atoms with Gasteiger partial charge in [-0.1, -0.05) is 42.5 Å². The van der Waals surface area contributed by atoms with Gasteiger partial charge in [0.2, 0.25) is 6.43 Å². The molecule has 3 aromatic rings. The maximum atomic E-state index is 13.9. The molecule has 0 aliphatic rings. The van der Waals surface area contributed by atoms with Crippen molar-refractivity contribution in [1.82, 2.24) is 0 Å². The lowest BCUT2D eigenvalue weighted by Crippen LogP contribution is -2.36. The van der Waals surface area contributed by atoms with Crippen molar-refractivity contribution in [2.45, 2.75) is 32.0 Å². The van der Waals surface area contributed by atoms with E-state index in [9.17, 15) is 17.6 Å². The van der Waals surface area contributed by atoms with Gasteiger partial charge >= 0.3 is 6.61 Å². The molecule has 0 N–H and O–H groups in total. The van der Waals surface area contributed by atoms with E-state index in [2.05, 4.69) is 4.74 Å². The summed E-state index contributed by atoms with van der Waals surface area (Å²) in [5, 5.41) is 0. The van der Waals surface area contributed by atoms with Gasteiger partial charge in [-0.25, -0.2) is 8.78 Å². The standard InChI is InChI=1S/C24H22F4O3/c1-24(22(25)26,18-10-12-20(13-11-18)31-23(27)28)16-29-15-17-6-5-9-21(14-17)30-19-7-3-2-4-8-19/h2-14,22-23H,15-16H2,1H3. The van der Waals surface area contributed by atoms with Crippen molar-refractivity contribution < 1.29 is 31.8 Å². The van der Waals surface area contributed by atoms with E-state index in [1.54, 1.807) is 18.2 Å². The number of para-hydroxylation sites is 1. The minimum atomic E-state index is -2.97. The molecule has 164 valence electrons. The van der Waals surface area contributed by atoms with Crippen LogP contribution in [0, 0.1) is 0 Å². The third-order valence-electron chi connectivity index (χ3n) is 4.77. The Hall–Kier alpha value is -3.06. The Labute approximate surface area is 178 Å². The van der Waals surface area contributed by atoms with Gasteiger partial charge in [0, 0.05) is 0 Å². The van der Waals surface area contributed by atoms with Gasteiger partial charge in [-0.3, -0.25) is 0 Å². The predicted molar refractivity (Wildman–Crippen MR) is 109 cm³/mol. The molecule has 1 atom stereocenters. The van der Waals surface area contributed by atoms with Crippen molar-refractivity contribution >= 4 is 0 Å². The lowest BCUT2D eigenvalue weighted by molar-refractivity contribution is -0.0499. The monoisotopic (exact) mass is 434 g/mol. The second kappa shape index (κ2) is 10.3. The van der Waals surface area contributed by atoms with E-state index in [-0.39, 0.29) is 24.5 Å². The van der Waals surface area contributed by atoms with E-state index >= 15 is 0 Å². The fourth-order valence-electron chi connectivity index (χ4n) is 2.99. The van der Waals surface area contributed by atoms with Crippen molar-refractivity contribution in [3.63, 3.8) is 0 Å². The summed E-state index contributed by atoms with van der Waals surface area (Å²) in [4.78, 5) is 0. The number of rotatable bonds is 10. The second-order valence-corrected chi connectivity index (χ2v) is 7.18. The Balaban J connectivity index is 1.63. The summed E-state index contributed by atoms with van der Waals surface area (Å²) < 4.78 is 68.0. The zero-order valence-electron chi connectivity index (χ0n) is 16.8. The van der Waals surface area contributed by atoms with E-state index in [1.165, 1.54) is 31.2 Å². The molecule has 0 bridgehead atoms. The molecule has 0 heterocycles. The molecule has 7 heteroatoms. The van der Waals surface area contributed by atoms with Crippen LogP contribution < -0.4 is 9.47 Å². The zero-order valence-corrected chi connectivity index (χ0v) is 16.8. The van der Waals surface area contributed by atoms with Crippen molar-refractivity contribution in [3.05, 3.63) is 90.0 Å². The first kappa shape index (κ1) is 22.6. The number of halogens is 4. The molecule has 0 spiro atoms. The average Bonchev–Trinajstić information content (AvgIpc) is 2.74. The van der Waals surface area contributed by atoms with Crippen LogP contribution >= 0.6 is 0 Å². The van der Waals surface area contributed by atoms with Crippen LogP contribution in [0.1, 0.15) is 18.1 Å². The van der Waals surface area contributed by atoms with Gasteiger partial charge in [0.05, 0.1) is 18.6 Å². The number of alkyl halides is 4. The van der Waals surface area contributed by atoms with Gasteiger partial charge in [-0.15, -0.1) is 0 Å². The van der Waals surface area contributed by atoms with Crippen LogP contribution in [0.15, 0.2) is 78.9 Å². The third kappa shape index (κ3) is 6.21. The Morgan fingerprint density at radius 2 is 1.45 bits per heavy atom. The highest BCUT2D eigenvalue weighted by atomic mass is 19.3. The Kier molecular flexibility index (Phi) is 7.52.